The van der Waals surface area contributed by atoms with Crippen LogP contribution in [0.4, 0.5) is 4.39 Å². The Kier molecular flexibility index (Phi) is 9.45. The minimum Gasteiger partial charge on any atom is -0.542 e. The molecule has 1 fully saturated rings. The summed E-state index contributed by atoms with van der Waals surface area (Å²) in [4.78, 5) is 0. The van der Waals surface area contributed by atoms with Crippen LogP contribution in [0.25, 0.3) is 5.57 Å². The van der Waals surface area contributed by atoms with E-state index in [0.29, 0.717) is 5.75 Å². The average Bonchev–Trinajstić information content (AvgIpc) is 2.90. The largest absolute Gasteiger partial charge is 0.542 e. The van der Waals surface area contributed by atoms with Gasteiger partial charge < -0.3 is 4.43 Å². The van der Waals surface area contributed by atoms with Gasteiger partial charge >= 0.3 is 0 Å². The summed E-state index contributed by atoms with van der Waals surface area (Å²) < 4.78 is 21.4. The van der Waals surface area contributed by atoms with Gasteiger partial charge in [-0.05, 0) is 72.5 Å². The van der Waals surface area contributed by atoms with Gasteiger partial charge in [-0.25, -0.2) is 4.39 Å². The molecule has 1 heterocycles. The highest BCUT2D eigenvalue weighted by molar-refractivity contribution is 6.92. The summed E-state index contributed by atoms with van der Waals surface area (Å²) in [6, 6.07) is 21.7. The van der Waals surface area contributed by atoms with Crippen LogP contribution in [0.2, 0.25) is 36.3 Å². The molecule has 1 unspecified atom stereocenters. The fourth-order valence-corrected chi connectivity index (χ4v) is 12.9. The lowest BCUT2D eigenvalue weighted by Crippen LogP contribution is -2.50. The summed E-state index contributed by atoms with van der Waals surface area (Å²) in [5.41, 5.74) is 2.36. The maximum Gasteiger partial charge on any atom is 0.250 e. The second kappa shape index (κ2) is 12.2. The van der Waals surface area contributed by atoms with Crippen LogP contribution < -0.4 is 9.61 Å². The van der Waals surface area contributed by atoms with Crippen LogP contribution in [-0.4, -0.2) is 16.4 Å². The molecule has 0 amide bonds. The number of halogens is 1. The van der Waals surface area contributed by atoms with Gasteiger partial charge in [0.25, 0.3) is 8.32 Å². The van der Waals surface area contributed by atoms with Crippen molar-refractivity contribution < 1.29 is 8.82 Å². The summed E-state index contributed by atoms with van der Waals surface area (Å²) >= 11 is 0. The van der Waals surface area contributed by atoms with E-state index in [1.807, 2.05) is 6.07 Å². The molecule has 1 nitrogen and oxygen atoms in total. The topological polar surface area (TPSA) is 9.23 Å². The second-order valence-corrected chi connectivity index (χ2v) is 23.1. The molecule has 0 spiro atoms. The fourth-order valence-electron chi connectivity index (χ4n) is 6.61. The first kappa shape index (κ1) is 29.3. The zero-order valence-electron chi connectivity index (χ0n) is 24.9. The van der Waals surface area contributed by atoms with Gasteiger partial charge in [0.15, 0.2) is 5.82 Å². The van der Waals surface area contributed by atoms with Crippen molar-refractivity contribution in [3.05, 3.63) is 66.0 Å². The molecule has 2 aliphatic rings. The van der Waals surface area contributed by atoms with Crippen LogP contribution >= 0.6 is 0 Å². The van der Waals surface area contributed by atoms with E-state index in [-0.39, 0.29) is 10.9 Å². The van der Waals surface area contributed by atoms with Gasteiger partial charge in [-0.15, -0.1) is 0 Å². The Bertz CT molecular complexity index is 1080. The lowest BCUT2D eigenvalue weighted by molar-refractivity contribution is 0.284. The number of unbranched alkanes of at least 4 members (excludes halogenated alkanes) is 2. The third-order valence-corrected chi connectivity index (χ3v) is 19.9. The highest BCUT2D eigenvalue weighted by Crippen LogP contribution is 2.44. The predicted molar refractivity (Wildman–Crippen MR) is 168 cm³/mol. The van der Waals surface area contributed by atoms with Gasteiger partial charge in [-0.3, -0.25) is 0 Å². The Balaban J connectivity index is 1.38. The monoisotopic (exact) mass is 550 g/mol. The highest BCUT2D eigenvalue weighted by Gasteiger charge is 2.41. The summed E-state index contributed by atoms with van der Waals surface area (Å²) in [5.74, 6) is 1.86. The number of hydrogen-bond acceptors (Lipinski definition) is 1. The molecule has 1 atom stereocenters. The molecule has 0 bridgehead atoms. The van der Waals surface area contributed by atoms with Crippen molar-refractivity contribution in [2.45, 2.75) is 115 Å². The molecule has 208 valence electrons. The van der Waals surface area contributed by atoms with Crippen molar-refractivity contribution >= 4 is 27.2 Å². The van der Waals surface area contributed by atoms with E-state index in [2.05, 4.69) is 83.3 Å². The van der Waals surface area contributed by atoms with Gasteiger partial charge in [0, 0.05) is 0 Å². The highest BCUT2D eigenvalue weighted by atomic mass is 28.4. The third kappa shape index (κ3) is 6.73. The smallest absolute Gasteiger partial charge is 0.250 e. The molecular weight excluding hydrogens is 500 g/mol. The molecule has 2 aromatic rings. The predicted octanol–water partition coefficient (Wildman–Crippen LogP) is 10.3. The first-order valence-corrected chi connectivity index (χ1v) is 20.8. The third-order valence-electron chi connectivity index (χ3n) is 10.2. The van der Waals surface area contributed by atoms with Crippen LogP contribution in [0.1, 0.15) is 84.6 Å². The molecule has 0 saturated carbocycles. The maximum absolute atomic E-state index is 15.1. The number of allylic oxidation sites excluding steroid dienone is 2. The maximum atomic E-state index is 15.1. The normalized spacial score (nSPS) is 24.7. The van der Waals surface area contributed by atoms with Crippen LogP contribution in [0.5, 0.6) is 5.75 Å². The Labute approximate surface area is 234 Å². The molecule has 38 heavy (non-hydrogen) atoms. The Hall–Kier alpha value is -1.66. The SMILES string of the molecule is CCCCC[Si]1(c2ccccc2)CCC(C2CC=C(c3ccc(O[Si](C)(C)C(C)(C)C)c(F)c3)CC2)CC1. The van der Waals surface area contributed by atoms with E-state index >= 15 is 4.39 Å². The molecule has 4 rings (SSSR count). The van der Waals surface area contributed by atoms with Gasteiger partial charge in [0.1, 0.15) is 5.75 Å². The van der Waals surface area contributed by atoms with Crippen molar-refractivity contribution in [1.29, 1.82) is 0 Å². The standard InChI is InChI=1S/C34H51FOSi2/c1-7-8-12-23-38(31-13-10-9-11-14-31)24-21-29(22-25-38)27-15-17-28(18-16-27)30-19-20-33(32(35)26-30)36-37(5,6)34(2,3)4/h9-11,13-14,17,19-20,26-27,29H,7-8,12,15-16,18,21-25H2,1-6H3. The quantitative estimate of drug-likeness (QED) is 0.223. The molecule has 0 N–H and O–H groups in total. The van der Waals surface area contributed by atoms with Crippen molar-refractivity contribution in [1.82, 2.24) is 0 Å². The van der Waals surface area contributed by atoms with Gasteiger partial charge in [0.2, 0.25) is 0 Å². The molecule has 4 heteroatoms. The summed E-state index contributed by atoms with van der Waals surface area (Å²) in [7, 11) is -3.43. The lowest BCUT2D eigenvalue weighted by atomic mass is 9.77. The van der Waals surface area contributed by atoms with Crippen molar-refractivity contribution in [2.75, 3.05) is 0 Å². The lowest BCUT2D eigenvalue weighted by Gasteiger charge is -2.42. The molecule has 0 radical (unpaired) electrons. The molecule has 0 aromatic heterocycles. The van der Waals surface area contributed by atoms with E-state index in [4.69, 9.17) is 4.43 Å². The van der Waals surface area contributed by atoms with E-state index in [0.717, 1.165) is 30.2 Å². The number of benzene rings is 2. The zero-order valence-corrected chi connectivity index (χ0v) is 26.9. The summed E-state index contributed by atoms with van der Waals surface area (Å²) in [5, 5.41) is 1.76. The Morgan fingerprint density at radius 3 is 2.24 bits per heavy atom. The minimum atomic E-state index is -2.06. The van der Waals surface area contributed by atoms with Crippen LogP contribution in [-0.2, 0) is 0 Å². The second-order valence-electron chi connectivity index (χ2n) is 13.7. The Morgan fingerprint density at radius 1 is 0.947 bits per heavy atom. The van der Waals surface area contributed by atoms with Crippen molar-refractivity contribution in [2.24, 2.45) is 11.8 Å². The molecular formula is C34H51FOSi2. The summed E-state index contributed by atoms with van der Waals surface area (Å²) in [6.07, 6.45) is 12.8. The van der Waals surface area contributed by atoms with Gasteiger partial charge in [-0.2, -0.15) is 0 Å². The van der Waals surface area contributed by atoms with Crippen LogP contribution in [0, 0.1) is 17.7 Å². The number of hydrogen-bond donors (Lipinski definition) is 0. The van der Waals surface area contributed by atoms with E-state index < -0.39 is 16.4 Å². The molecule has 1 aliphatic heterocycles. The number of rotatable bonds is 9. The van der Waals surface area contributed by atoms with E-state index in [9.17, 15) is 0 Å². The fraction of sp³-hybridized carbons (Fsp3) is 0.588. The van der Waals surface area contributed by atoms with Gasteiger partial charge in [-0.1, -0.05) is 126 Å². The molecule has 1 aliphatic carbocycles. The molecule has 2 aromatic carbocycles. The zero-order chi connectivity index (χ0) is 27.4. The minimum absolute atomic E-state index is 0.0525. The first-order valence-electron chi connectivity index (χ1n) is 15.3. The average molecular weight is 551 g/mol. The molecule has 1 saturated heterocycles. The first-order chi connectivity index (χ1) is 18.0. The van der Waals surface area contributed by atoms with E-state index in [1.165, 1.54) is 62.2 Å². The van der Waals surface area contributed by atoms with Crippen molar-refractivity contribution in [3.8, 4) is 5.75 Å². The van der Waals surface area contributed by atoms with Crippen LogP contribution in [0.15, 0.2) is 54.6 Å². The van der Waals surface area contributed by atoms with Crippen LogP contribution in [0.3, 0.4) is 0 Å². The van der Waals surface area contributed by atoms with Gasteiger partial charge in [0.05, 0.1) is 8.07 Å². The van der Waals surface area contributed by atoms with Crippen molar-refractivity contribution in [3.63, 3.8) is 0 Å². The Morgan fingerprint density at radius 2 is 1.66 bits per heavy atom. The van der Waals surface area contributed by atoms with E-state index in [1.54, 1.807) is 11.3 Å². The summed E-state index contributed by atoms with van der Waals surface area (Å²) in [6.45, 7) is 13.2.